The Balaban J connectivity index is 2.02. The molecule has 1 aliphatic rings. The number of likely N-dealkylation sites (N-methyl/N-ethyl adjacent to an activating group) is 1. The molecule has 1 saturated heterocycles. The number of nitrogens with zero attached hydrogens (tertiary/aromatic N) is 2. The van der Waals surface area contributed by atoms with Crippen LogP contribution in [0.3, 0.4) is 0 Å². The normalized spacial score (nSPS) is 18.6. The van der Waals surface area contributed by atoms with E-state index in [0.29, 0.717) is 5.92 Å². The van der Waals surface area contributed by atoms with Crippen molar-refractivity contribution in [3.63, 3.8) is 0 Å². The Morgan fingerprint density at radius 2 is 1.91 bits per heavy atom. The fourth-order valence-corrected chi connectivity index (χ4v) is 4.10. The molecule has 2 heterocycles. The number of hydrogen-bond acceptors (Lipinski definition) is 3. The third-order valence-electron chi connectivity index (χ3n) is 4.84. The number of carbonyl (C=O) groups excluding carboxylic acids is 2. The zero-order chi connectivity index (χ0) is 16.6. The number of amides is 1. The van der Waals surface area contributed by atoms with Gasteiger partial charge in [0.1, 0.15) is 6.04 Å². The van der Waals surface area contributed by atoms with E-state index in [2.05, 4.69) is 36.7 Å². The summed E-state index contributed by atoms with van der Waals surface area (Å²) in [6.07, 6.45) is 4.41. The number of thioether (sulfide) groups is 1. The number of hydrogen-bond donors (Lipinski definition) is 0. The van der Waals surface area contributed by atoms with Crippen LogP contribution in [0.1, 0.15) is 38.3 Å². The highest BCUT2D eigenvalue weighted by Gasteiger charge is 2.39. The van der Waals surface area contributed by atoms with Crippen molar-refractivity contribution in [2.75, 3.05) is 7.05 Å². The SMILES string of the molecule is CCC(CC)Cn1ccc2c(C3C(=O)SC(=O)N3C)cccc21. The Kier molecular flexibility index (Phi) is 4.48. The summed E-state index contributed by atoms with van der Waals surface area (Å²) in [5, 5.41) is 0.810. The second kappa shape index (κ2) is 6.40. The highest BCUT2D eigenvalue weighted by Crippen LogP contribution is 2.38. The van der Waals surface area contributed by atoms with E-state index in [4.69, 9.17) is 0 Å². The summed E-state index contributed by atoms with van der Waals surface area (Å²) in [6.45, 7) is 5.43. The minimum absolute atomic E-state index is 0.0854. The number of rotatable bonds is 5. The molecule has 0 bridgehead atoms. The van der Waals surface area contributed by atoms with E-state index >= 15 is 0 Å². The van der Waals surface area contributed by atoms with Gasteiger partial charge in [-0.3, -0.25) is 9.59 Å². The highest BCUT2D eigenvalue weighted by molar-refractivity contribution is 8.26. The first kappa shape index (κ1) is 16.1. The summed E-state index contributed by atoms with van der Waals surface area (Å²) in [4.78, 5) is 25.5. The molecule has 23 heavy (non-hydrogen) atoms. The molecule has 1 aliphatic heterocycles. The van der Waals surface area contributed by atoms with E-state index in [9.17, 15) is 9.59 Å². The van der Waals surface area contributed by atoms with Crippen LogP contribution in [0.15, 0.2) is 30.5 Å². The molecule has 0 saturated carbocycles. The maximum absolute atomic E-state index is 12.2. The summed E-state index contributed by atoms with van der Waals surface area (Å²) in [5.41, 5.74) is 2.07. The highest BCUT2D eigenvalue weighted by atomic mass is 32.2. The van der Waals surface area contributed by atoms with Crippen molar-refractivity contribution in [2.45, 2.75) is 39.3 Å². The van der Waals surface area contributed by atoms with Crippen LogP contribution in [-0.4, -0.2) is 26.9 Å². The molecule has 4 nitrogen and oxygen atoms in total. The molecule has 5 heteroatoms. The van der Waals surface area contributed by atoms with Crippen molar-refractivity contribution in [2.24, 2.45) is 5.92 Å². The van der Waals surface area contributed by atoms with Gasteiger partial charge < -0.3 is 9.47 Å². The molecule has 1 aromatic heterocycles. The Morgan fingerprint density at radius 3 is 2.52 bits per heavy atom. The van der Waals surface area contributed by atoms with Crippen LogP contribution in [-0.2, 0) is 11.3 Å². The van der Waals surface area contributed by atoms with Crippen LogP contribution in [0.5, 0.6) is 0 Å². The molecule has 0 N–H and O–H groups in total. The van der Waals surface area contributed by atoms with Gasteiger partial charge in [0.15, 0.2) is 0 Å². The van der Waals surface area contributed by atoms with Crippen molar-refractivity contribution in [1.29, 1.82) is 0 Å². The quantitative estimate of drug-likeness (QED) is 0.813. The van der Waals surface area contributed by atoms with Gasteiger partial charge >= 0.3 is 0 Å². The van der Waals surface area contributed by atoms with Gasteiger partial charge in [-0.1, -0.05) is 38.8 Å². The molecule has 0 radical (unpaired) electrons. The van der Waals surface area contributed by atoms with E-state index < -0.39 is 6.04 Å². The molecule has 3 rings (SSSR count). The van der Waals surface area contributed by atoms with Crippen LogP contribution in [0, 0.1) is 5.92 Å². The Hall–Kier alpha value is -1.75. The Morgan fingerprint density at radius 1 is 1.17 bits per heavy atom. The van der Waals surface area contributed by atoms with E-state index in [0.717, 1.165) is 47.6 Å². The second-order valence-electron chi connectivity index (χ2n) is 6.13. The number of aromatic nitrogens is 1. The molecule has 1 aromatic carbocycles. The fourth-order valence-electron chi connectivity index (χ4n) is 3.28. The topological polar surface area (TPSA) is 42.3 Å². The van der Waals surface area contributed by atoms with Gasteiger partial charge in [-0.2, -0.15) is 0 Å². The van der Waals surface area contributed by atoms with E-state index in [1.807, 2.05) is 12.1 Å². The first-order valence-corrected chi connectivity index (χ1v) is 8.94. The summed E-state index contributed by atoms with van der Waals surface area (Å²) < 4.78 is 2.27. The summed E-state index contributed by atoms with van der Waals surface area (Å²) in [7, 11) is 1.70. The molecule has 2 aromatic rings. The van der Waals surface area contributed by atoms with Gasteiger partial charge in [-0.15, -0.1) is 0 Å². The molecule has 1 amide bonds. The van der Waals surface area contributed by atoms with Gasteiger partial charge in [0, 0.05) is 42.5 Å². The minimum atomic E-state index is -0.472. The third-order valence-corrected chi connectivity index (χ3v) is 5.73. The molecular formula is C18H22N2O2S. The largest absolute Gasteiger partial charge is 0.347 e. The van der Waals surface area contributed by atoms with Crippen molar-refractivity contribution < 1.29 is 9.59 Å². The van der Waals surface area contributed by atoms with E-state index in [1.54, 1.807) is 11.9 Å². The molecule has 0 aliphatic carbocycles. The van der Waals surface area contributed by atoms with Gasteiger partial charge in [-0.25, -0.2) is 0 Å². The summed E-state index contributed by atoms with van der Waals surface area (Å²) in [5.74, 6) is 0.655. The lowest BCUT2D eigenvalue weighted by Gasteiger charge is -2.19. The van der Waals surface area contributed by atoms with Crippen LogP contribution < -0.4 is 0 Å². The molecule has 1 fully saturated rings. The molecule has 122 valence electrons. The lowest BCUT2D eigenvalue weighted by Crippen LogP contribution is -2.23. The standard InChI is InChI=1S/C18H22N2O2S/c1-4-12(5-2)11-20-10-9-13-14(7-6-8-15(13)20)16-17(21)23-18(22)19(16)3/h6-10,12,16H,4-5,11H2,1-3H3. The van der Waals surface area contributed by atoms with Crippen molar-refractivity contribution in [1.82, 2.24) is 9.47 Å². The van der Waals surface area contributed by atoms with Crippen molar-refractivity contribution in [3.05, 3.63) is 36.0 Å². The third kappa shape index (κ3) is 2.78. The zero-order valence-electron chi connectivity index (χ0n) is 13.8. The minimum Gasteiger partial charge on any atom is -0.347 e. The first-order chi connectivity index (χ1) is 11.1. The number of benzene rings is 1. The van der Waals surface area contributed by atoms with Crippen LogP contribution in [0.4, 0.5) is 4.79 Å². The average Bonchev–Trinajstić information content (AvgIpc) is 3.06. The molecule has 1 unspecified atom stereocenters. The van der Waals surface area contributed by atoms with Gasteiger partial charge in [0.25, 0.3) is 5.24 Å². The number of carbonyl (C=O) groups is 2. The Labute approximate surface area is 140 Å². The monoisotopic (exact) mass is 330 g/mol. The molecule has 1 atom stereocenters. The zero-order valence-corrected chi connectivity index (χ0v) is 14.6. The number of fused-ring (bicyclic) bond motifs is 1. The van der Waals surface area contributed by atoms with Crippen LogP contribution in [0.25, 0.3) is 10.9 Å². The summed E-state index contributed by atoms with van der Waals surface area (Å²) >= 11 is 0.806. The predicted octanol–water partition coefficient (Wildman–Crippen LogP) is 4.44. The second-order valence-corrected chi connectivity index (χ2v) is 7.09. The fraction of sp³-hybridized carbons (Fsp3) is 0.444. The van der Waals surface area contributed by atoms with Crippen LogP contribution in [0.2, 0.25) is 0 Å². The summed E-state index contributed by atoms with van der Waals surface area (Å²) in [6, 6.07) is 7.63. The molecular weight excluding hydrogens is 308 g/mol. The lowest BCUT2D eigenvalue weighted by molar-refractivity contribution is -0.113. The maximum atomic E-state index is 12.2. The van der Waals surface area contributed by atoms with Gasteiger partial charge in [-0.05, 0) is 23.6 Å². The first-order valence-electron chi connectivity index (χ1n) is 8.13. The Bertz CT molecular complexity index is 749. The van der Waals surface area contributed by atoms with Crippen molar-refractivity contribution in [3.8, 4) is 0 Å². The predicted molar refractivity (Wildman–Crippen MR) is 94.5 cm³/mol. The lowest BCUT2D eigenvalue weighted by atomic mass is 10.0. The van der Waals surface area contributed by atoms with E-state index in [-0.39, 0.29) is 10.4 Å². The van der Waals surface area contributed by atoms with Gasteiger partial charge in [0.2, 0.25) is 5.12 Å². The van der Waals surface area contributed by atoms with Gasteiger partial charge in [0.05, 0.1) is 0 Å². The molecule has 0 spiro atoms. The maximum Gasteiger partial charge on any atom is 0.289 e. The van der Waals surface area contributed by atoms with Crippen molar-refractivity contribution >= 4 is 33.0 Å². The van der Waals surface area contributed by atoms with E-state index in [1.165, 1.54) is 0 Å². The average molecular weight is 330 g/mol. The van der Waals surface area contributed by atoms with Crippen LogP contribution >= 0.6 is 11.8 Å². The smallest absolute Gasteiger partial charge is 0.289 e.